The molecule has 0 aromatic carbocycles. The summed E-state index contributed by atoms with van der Waals surface area (Å²) in [7, 11) is 0. The van der Waals surface area contributed by atoms with Gasteiger partial charge in [0.2, 0.25) is 0 Å². The second-order valence-electron chi connectivity index (χ2n) is 7.83. The first-order valence-corrected chi connectivity index (χ1v) is 9.03. The predicted molar refractivity (Wildman–Crippen MR) is 83.4 cm³/mol. The van der Waals surface area contributed by atoms with Crippen molar-refractivity contribution < 1.29 is 4.74 Å². The summed E-state index contributed by atoms with van der Waals surface area (Å²) in [5, 5.41) is 13.8. The van der Waals surface area contributed by atoms with Crippen LogP contribution in [0.5, 0.6) is 5.19 Å². The number of ether oxygens (including phenoxy) is 1. The molecule has 3 fully saturated rings. The first-order valence-electron chi connectivity index (χ1n) is 8.21. The molecule has 0 saturated heterocycles. The Morgan fingerprint density at radius 1 is 1.24 bits per heavy atom. The molecule has 4 nitrogen and oxygen atoms in total. The van der Waals surface area contributed by atoms with E-state index in [0.717, 1.165) is 22.7 Å². The Morgan fingerprint density at radius 2 is 2.05 bits per heavy atom. The Labute approximate surface area is 130 Å². The molecular formula is C16H25N3OS. The van der Waals surface area contributed by atoms with E-state index in [-0.39, 0.29) is 5.41 Å². The number of nitrogens with zero attached hydrogens (tertiary/aromatic N) is 2. The molecule has 3 aliphatic rings. The summed E-state index contributed by atoms with van der Waals surface area (Å²) in [6.45, 7) is 8.07. The number of nitrogens with one attached hydrogen (secondary N) is 1. The van der Waals surface area contributed by atoms with Gasteiger partial charge in [-0.1, -0.05) is 37.2 Å². The number of fused-ring (bicyclic) bond motifs is 2. The first kappa shape index (κ1) is 13.9. The average Bonchev–Trinajstić information content (AvgIpc) is 3.09. The molecule has 3 unspecified atom stereocenters. The van der Waals surface area contributed by atoms with Gasteiger partial charge in [0.05, 0.1) is 6.54 Å². The van der Waals surface area contributed by atoms with Crippen LogP contribution in [0.2, 0.25) is 0 Å². The van der Waals surface area contributed by atoms with E-state index >= 15 is 0 Å². The Morgan fingerprint density at radius 3 is 2.67 bits per heavy atom. The van der Waals surface area contributed by atoms with Gasteiger partial charge in [-0.15, -0.1) is 5.10 Å². The summed E-state index contributed by atoms with van der Waals surface area (Å²) in [6.07, 6.45) is 6.74. The molecule has 1 heterocycles. The highest BCUT2D eigenvalue weighted by Gasteiger charge is 2.62. The zero-order valence-electron chi connectivity index (χ0n) is 13.2. The molecule has 1 N–H and O–H groups in total. The lowest BCUT2D eigenvalue weighted by atomic mass is 9.70. The van der Waals surface area contributed by atoms with Gasteiger partial charge in [0, 0.05) is 11.5 Å². The van der Waals surface area contributed by atoms with E-state index in [4.69, 9.17) is 4.74 Å². The van der Waals surface area contributed by atoms with Crippen molar-refractivity contribution in [3.63, 3.8) is 0 Å². The van der Waals surface area contributed by atoms with Crippen LogP contribution in [-0.4, -0.2) is 22.3 Å². The van der Waals surface area contributed by atoms with E-state index < -0.39 is 0 Å². The Kier molecular flexibility index (Phi) is 3.09. The van der Waals surface area contributed by atoms with Gasteiger partial charge < -0.3 is 10.1 Å². The SMILES string of the molecule is CC1(C)C2CCC1(C)C(Oc1nnc(CNC3CC3)s1)C2. The van der Waals surface area contributed by atoms with Gasteiger partial charge in [0.25, 0.3) is 5.19 Å². The summed E-state index contributed by atoms with van der Waals surface area (Å²) >= 11 is 1.61. The molecule has 0 aliphatic heterocycles. The van der Waals surface area contributed by atoms with Crippen LogP contribution in [0.4, 0.5) is 0 Å². The predicted octanol–water partition coefficient (Wildman–Crippen LogP) is 3.38. The molecule has 3 saturated carbocycles. The molecule has 3 aliphatic carbocycles. The topological polar surface area (TPSA) is 47.0 Å². The fourth-order valence-electron chi connectivity index (χ4n) is 4.31. The van der Waals surface area contributed by atoms with E-state index in [1.807, 2.05) is 0 Å². The lowest BCUT2D eigenvalue weighted by molar-refractivity contribution is 0.0296. The normalized spacial score (nSPS) is 37.1. The third kappa shape index (κ3) is 2.20. The lowest BCUT2D eigenvalue weighted by Gasteiger charge is -2.38. The van der Waals surface area contributed by atoms with Crippen molar-refractivity contribution in [2.24, 2.45) is 16.7 Å². The van der Waals surface area contributed by atoms with Gasteiger partial charge in [0.1, 0.15) is 11.1 Å². The minimum atomic E-state index is 0.287. The van der Waals surface area contributed by atoms with Crippen LogP contribution in [0.3, 0.4) is 0 Å². The minimum absolute atomic E-state index is 0.287. The average molecular weight is 307 g/mol. The summed E-state index contributed by atoms with van der Waals surface area (Å²) in [5.74, 6) is 0.802. The zero-order chi connectivity index (χ0) is 14.7. The quantitative estimate of drug-likeness (QED) is 0.906. The maximum absolute atomic E-state index is 6.27. The van der Waals surface area contributed by atoms with Crippen LogP contribution >= 0.6 is 11.3 Å². The third-order valence-corrected chi connectivity index (χ3v) is 7.34. The smallest absolute Gasteiger partial charge is 0.294 e. The van der Waals surface area contributed by atoms with E-state index in [9.17, 15) is 0 Å². The van der Waals surface area contributed by atoms with E-state index in [1.54, 1.807) is 11.3 Å². The summed E-state index contributed by atoms with van der Waals surface area (Å²) in [4.78, 5) is 0. The van der Waals surface area contributed by atoms with Crippen molar-refractivity contribution in [3.05, 3.63) is 5.01 Å². The molecule has 21 heavy (non-hydrogen) atoms. The monoisotopic (exact) mass is 307 g/mol. The molecule has 1 aromatic rings. The molecule has 0 spiro atoms. The number of hydrogen-bond donors (Lipinski definition) is 1. The van der Waals surface area contributed by atoms with E-state index in [2.05, 4.69) is 36.3 Å². The van der Waals surface area contributed by atoms with Crippen molar-refractivity contribution in [2.75, 3.05) is 0 Å². The molecule has 3 atom stereocenters. The minimum Gasteiger partial charge on any atom is -0.465 e. The number of rotatable bonds is 5. The van der Waals surface area contributed by atoms with Gasteiger partial charge in [-0.25, -0.2) is 0 Å². The van der Waals surface area contributed by atoms with Crippen molar-refractivity contribution >= 4 is 11.3 Å². The molecule has 5 heteroatoms. The maximum atomic E-state index is 6.27. The number of aromatic nitrogens is 2. The second-order valence-corrected chi connectivity index (χ2v) is 8.86. The third-order valence-electron chi connectivity index (χ3n) is 6.52. The van der Waals surface area contributed by atoms with Gasteiger partial charge in [-0.05, 0) is 43.4 Å². The number of hydrogen-bond acceptors (Lipinski definition) is 5. The molecule has 2 bridgehead atoms. The highest BCUT2D eigenvalue weighted by molar-refractivity contribution is 7.13. The van der Waals surface area contributed by atoms with Crippen molar-refractivity contribution in [3.8, 4) is 5.19 Å². The zero-order valence-corrected chi connectivity index (χ0v) is 14.0. The fourth-order valence-corrected chi connectivity index (χ4v) is 4.99. The van der Waals surface area contributed by atoms with Gasteiger partial charge >= 0.3 is 0 Å². The van der Waals surface area contributed by atoms with Crippen LogP contribution in [0, 0.1) is 16.7 Å². The molecule has 116 valence electrons. The standard InChI is InChI=1S/C16H25N3OS/c1-15(2)10-6-7-16(15,3)12(8-10)20-14-19-18-13(21-14)9-17-11-4-5-11/h10-12,17H,4-9H2,1-3H3. The summed E-state index contributed by atoms with van der Waals surface area (Å²) < 4.78 is 6.27. The Balaban J connectivity index is 1.42. The fraction of sp³-hybridized carbons (Fsp3) is 0.875. The van der Waals surface area contributed by atoms with Crippen LogP contribution < -0.4 is 10.1 Å². The van der Waals surface area contributed by atoms with Crippen LogP contribution in [0.1, 0.15) is 57.9 Å². The molecule has 4 rings (SSSR count). The van der Waals surface area contributed by atoms with Crippen LogP contribution in [0.15, 0.2) is 0 Å². The lowest BCUT2D eigenvalue weighted by Crippen LogP contribution is -2.38. The van der Waals surface area contributed by atoms with E-state index in [1.165, 1.54) is 32.1 Å². The van der Waals surface area contributed by atoms with Crippen LogP contribution in [0.25, 0.3) is 0 Å². The van der Waals surface area contributed by atoms with Gasteiger partial charge in [-0.2, -0.15) is 0 Å². The Bertz CT molecular complexity index is 539. The highest BCUT2D eigenvalue weighted by atomic mass is 32.1. The van der Waals surface area contributed by atoms with Crippen molar-refractivity contribution in [2.45, 2.75) is 71.6 Å². The largest absolute Gasteiger partial charge is 0.465 e. The molecule has 0 radical (unpaired) electrons. The van der Waals surface area contributed by atoms with Crippen molar-refractivity contribution in [1.82, 2.24) is 15.5 Å². The summed E-state index contributed by atoms with van der Waals surface area (Å²) in [5.41, 5.74) is 0.675. The van der Waals surface area contributed by atoms with E-state index in [0.29, 0.717) is 17.6 Å². The van der Waals surface area contributed by atoms with Gasteiger partial charge in [-0.3, -0.25) is 0 Å². The van der Waals surface area contributed by atoms with Gasteiger partial charge in [0.15, 0.2) is 0 Å². The molecular weight excluding hydrogens is 282 g/mol. The second kappa shape index (κ2) is 4.66. The Hall–Kier alpha value is -0.680. The van der Waals surface area contributed by atoms with Crippen LogP contribution in [-0.2, 0) is 6.54 Å². The molecule has 1 aromatic heterocycles. The maximum Gasteiger partial charge on any atom is 0.294 e. The molecule has 0 amide bonds. The summed E-state index contributed by atoms with van der Waals surface area (Å²) in [6, 6.07) is 0.712. The van der Waals surface area contributed by atoms with Crippen molar-refractivity contribution in [1.29, 1.82) is 0 Å². The highest BCUT2D eigenvalue weighted by Crippen LogP contribution is 2.66. The first-order chi connectivity index (χ1) is 9.99.